The minimum absolute atomic E-state index is 0.0380. The molecule has 1 aliphatic heterocycles. The molecule has 3 amide bonds. The number of imide groups is 1. The van der Waals surface area contributed by atoms with Gasteiger partial charge in [0.2, 0.25) is 5.91 Å². The Morgan fingerprint density at radius 3 is 2.97 bits per heavy atom. The van der Waals surface area contributed by atoms with Gasteiger partial charge in [0.1, 0.15) is 11.5 Å². The normalized spacial score (nSPS) is 15.3. The molecule has 1 aromatic carbocycles. The number of H-pyrrole nitrogens is 1. The van der Waals surface area contributed by atoms with Crippen LogP contribution in [-0.2, 0) is 16.0 Å². The van der Waals surface area contributed by atoms with E-state index in [-0.39, 0.29) is 29.0 Å². The molecule has 9 heteroatoms. The number of hydrogen-bond donors (Lipinski definition) is 2. The van der Waals surface area contributed by atoms with Gasteiger partial charge in [0.25, 0.3) is 11.1 Å². The molecule has 2 aromatic heterocycles. The van der Waals surface area contributed by atoms with Gasteiger partial charge in [-0.05, 0) is 54.1 Å². The summed E-state index contributed by atoms with van der Waals surface area (Å²) in [7, 11) is 1.62. The summed E-state index contributed by atoms with van der Waals surface area (Å²) in [6, 6.07) is 9.20. The lowest BCUT2D eigenvalue weighted by molar-refractivity contribution is -0.124. The number of fused-ring (bicyclic) bond motifs is 1. The molecule has 0 spiro atoms. The highest BCUT2D eigenvalue weighted by Gasteiger charge is 2.35. The van der Waals surface area contributed by atoms with E-state index in [9.17, 15) is 14.4 Å². The summed E-state index contributed by atoms with van der Waals surface area (Å²) in [6.45, 7) is 0.486. The molecule has 2 N–H and O–H groups in total. The number of nitrogens with one attached hydrogen (secondary N) is 2. The zero-order chi connectivity index (χ0) is 21.8. The average molecular weight is 439 g/mol. The van der Waals surface area contributed by atoms with Crippen LogP contribution in [0, 0.1) is 0 Å². The number of thioether (sulfide) groups is 1. The minimum atomic E-state index is -0.410. The first-order valence-electron chi connectivity index (χ1n) is 9.74. The first-order chi connectivity index (χ1) is 15.0. The smallest absolute Gasteiger partial charge is 0.293 e. The van der Waals surface area contributed by atoms with Crippen molar-refractivity contribution in [1.82, 2.24) is 15.2 Å². The van der Waals surface area contributed by atoms with Gasteiger partial charge in [-0.2, -0.15) is 0 Å². The predicted molar refractivity (Wildman–Crippen MR) is 118 cm³/mol. The number of aromatic nitrogens is 1. The third kappa shape index (κ3) is 4.66. The number of benzene rings is 1. The molecule has 1 aliphatic rings. The molecule has 0 radical (unpaired) electrons. The fourth-order valence-electron chi connectivity index (χ4n) is 3.33. The number of methoxy groups -OCH3 is 1. The van der Waals surface area contributed by atoms with Gasteiger partial charge in [-0.25, -0.2) is 0 Å². The second kappa shape index (κ2) is 9.13. The second-order valence-electron chi connectivity index (χ2n) is 6.92. The lowest BCUT2D eigenvalue weighted by atomic mass is 10.1. The van der Waals surface area contributed by atoms with Crippen molar-refractivity contribution >= 4 is 45.8 Å². The number of ether oxygens (including phenoxy) is 1. The fourth-order valence-corrected chi connectivity index (χ4v) is 4.17. The SMILES string of the molecule is COc1ccc2[nH]cc(CCNC(=O)CCN3C(=O)SC(=Cc4ccco4)C3=O)c2c1. The summed E-state index contributed by atoms with van der Waals surface area (Å²) < 4.78 is 10.5. The molecule has 0 aliphatic carbocycles. The summed E-state index contributed by atoms with van der Waals surface area (Å²) >= 11 is 0.845. The molecule has 3 heterocycles. The Hall–Kier alpha value is -3.46. The van der Waals surface area contributed by atoms with Crippen LogP contribution in [0.5, 0.6) is 5.75 Å². The Labute approximate surface area is 182 Å². The molecule has 8 nitrogen and oxygen atoms in total. The van der Waals surface area contributed by atoms with Crippen molar-refractivity contribution in [3.8, 4) is 5.75 Å². The van der Waals surface area contributed by atoms with E-state index in [1.165, 1.54) is 12.3 Å². The topological polar surface area (TPSA) is 105 Å². The van der Waals surface area contributed by atoms with Crippen LogP contribution in [-0.4, -0.2) is 47.1 Å². The van der Waals surface area contributed by atoms with Gasteiger partial charge >= 0.3 is 0 Å². The molecule has 160 valence electrons. The van der Waals surface area contributed by atoms with Gasteiger partial charge in [-0.3, -0.25) is 19.3 Å². The molecule has 0 bridgehead atoms. The molecular formula is C22H21N3O5S. The molecule has 4 rings (SSSR count). The van der Waals surface area contributed by atoms with Crippen LogP contribution in [0.4, 0.5) is 4.79 Å². The van der Waals surface area contributed by atoms with E-state index in [0.717, 1.165) is 38.9 Å². The average Bonchev–Trinajstić information content (AvgIpc) is 3.48. The number of nitrogens with zero attached hydrogens (tertiary/aromatic N) is 1. The van der Waals surface area contributed by atoms with Gasteiger partial charge in [0.05, 0.1) is 18.3 Å². The molecule has 1 saturated heterocycles. The van der Waals surface area contributed by atoms with Crippen LogP contribution in [0.15, 0.2) is 52.1 Å². The standard InChI is InChI=1S/C22H21N3O5S/c1-29-15-4-5-18-17(11-15)14(13-24-18)6-8-23-20(26)7-9-25-21(27)19(31-22(25)28)12-16-3-2-10-30-16/h2-5,10-13,24H,6-9H2,1H3,(H,23,26). The van der Waals surface area contributed by atoms with E-state index < -0.39 is 5.91 Å². The van der Waals surface area contributed by atoms with Crippen molar-refractivity contribution in [2.24, 2.45) is 0 Å². The van der Waals surface area contributed by atoms with Gasteiger partial charge in [-0.15, -0.1) is 0 Å². The van der Waals surface area contributed by atoms with Gasteiger partial charge in [0.15, 0.2) is 0 Å². The lowest BCUT2D eigenvalue weighted by Crippen LogP contribution is -2.34. The predicted octanol–water partition coefficient (Wildman–Crippen LogP) is 3.55. The number of amides is 3. The van der Waals surface area contributed by atoms with Crippen LogP contribution >= 0.6 is 11.8 Å². The number of hydrogen-bond acceptors (Lipinski definition) is 6. The van der Waals surface area contributed by atoms with Crippen molar-refractivity contribution < 1.29 is 23.5 Å². The Morgan fingerprint density at radius 2 is 2.19 bits per heavy atom. The van der Waals surface area contributed by atoms with Crippen LogP contribution in [0.1, 0.15) is 17.7 Å². The summed E-state index contributed by atoms with van der Waals surface area (Å²) in [5.41, 5.74) is 2.08. The van der Waals surface area contributed by atoms with E-state index in [0.29, 0.717) is 18.7 Å². The zero-order valence-electron chi connectivity index (χ0n) is 16.8. The van der Waals surface area contributed by atoms with E-state index in [1.54, 1.807) is 19.2 Å². The number of carbonyl (C=O) groups excluding carboxylic acids is 3. The number of aromatic amines is 1. The fraction of sp³-hybridized carbons (Fsp3) is 0.227. The van der Waals surface area contributed by atoms with Crippen molar-refractivity contribution in [2.45, 2.75) is 12.8 Å². The van der Waals surface area contributed by atoms with Crippen molar-refractivity contribution in [1.29, 1.82) is 0 Å². The van der Waals surface area contributed by atoms with Crippen LogP contribution < -0.4 is 10.1 Å². The van der Waals surface area contributed by atoms with Crippen molar-refractivity contribution in [3.05, 3.63) is 59.0 Å². The summed E-state index contributed by atoms with van der Waals surface area (Å²) in [5.74, 6) is 0.646. The number of carbonyl (C=O) groups is 3. The monoisotopic (exact) mass is 439 g/mol. The molecule has 0 unspecified atom stereocenters. The molecule has 1 fully saturated rings. The van der Waals surface area contributed by atoms with Crippen LogP contribution in [0.2, 0.25) is 0 Å². The highest BCUT2D eigenvalue weighted by Crippen LogP contribution is 2.32. The van der Waals surface area contributed by atoms with Crippen molar-refractivity contribution in [2.75, 3.05) is 20.2 Å². The van der Waals surface area contributed by atoms with Gasteiger partial charge in [-0.1, -0.05) is 0 Å². The molecule has 3 aromatic rings. The van der Waals surface area contributed by atoms with Crippen LogP contribution in [0.3, 0.4) is 0 Å². The van der Waals surface area contributed by atoms with E-state index >= 15 is 0 Å². The molecule has 0 atom stereocenters. The number of furan rings is 1. The largest absolute Gasteiger partial charge is 0.497 e. The van der Waals surface area contributed by atoms with Gasteiger partial charge < -0.3 is 19.5 Å². The molecular weight excluding hydrogens is 418 g/mol. The van der Waals surface area contributed by atoms with Gasteiger partial charge in [0, 0.05) is 42.7 Å². The third-order valence-electron chi connectivity index (χ3n) is 4.94. The van der Waals surface area contributed by atoms with Crippen molar-refractivity contribution in [3.63, 3.8) is 0 Å². The first-order valence-corrected chi connectivity index (χ1v) is 10.6. The Bertz CT molecular complexity index is 1150. The summed E-state index contributed by atoms with van der Waals surface area (Å²) in [6.07, 6.45) is 5.64. The highest BCUT2D eigenvalue weighted by atomic mass is 32.2. The van der Waals surface area contributed by atoms with Crippen LogP contribution in [0.25, 0.3) is 17.0 Å². The van der Waals surface area contributed by atoms with E-state index in [4.69, 9.17) is 9.15 Å². The quantitative estimate of drug-likeness (QED) is 0.520. The Balaban J connectivity index is 1.27. The zero-order valence-corrected chi connectivity index (χ0v) is 17.7. The lowest BCUT2D eigenvalue weighted by Gasteiger charge is -2.12. The third-order valence-corrected chi connectivity index (χ3v) is 5.85. The Kier molecular flexibility index (Phi) is 6.13. The summed E-state index contributed by atoms with van der Waals surface area (Å²) in [4.78, 5) is 41.4. The van der Waals surface area contributed by atoms with E-state index in [1.807, 2.05) is 24.4 Å². The maximum atomic E-state index is 12.4. The molecule has 31 heavy (non-hydrogen) atoms. The maximum absolute atomic E-state index is 12.4. The number of rotatable bonds is 8. The highest BCUT2D eigenvalue weighted by molar-refractivity contribution is 8.18. The Morgan fingerprint density at radius 1 is 1.32 bits per heavy atom. The first kappa shape index (κ1) is 20.8. The minimum Gasteiger partial charge on any atom is -0.497 e. The van der Waals surface area contributed by atoms with E-state index in [2.05, 4.69) is 10.3 Å². The summed E-state index contributed by atoms with van der Waals surface area (Å²) in [5, 5.41) is 3.51. The molecule has 0 saturated carbocycles. The second-order valence-corrected chi connectivity index (χ2v) is 7.92. The maximum Gasteiger partial charge on any atom is 0.293 e.